The molecule has 0 radical (unpaired) electrons. The van der Waals surface area contributed by atoms with Crippen LogP contribution in [-0.4, -0.2) is 41.9 Å². The van der Waals surface area contributed by atoms with Gasteiger partial charge in [-0.05, 0) is 38.5 Å². The van der Waals surface area contributed by atoms with E-state index in [1.165, 1.54) is 0 Å². The number of carbonyl (C=O) groups excluding carboxylic acids is 3. The number of esters is 1. The van der Waals surface area contributed by atoms with Gasteiger partial charge in [0.15, 0.2) is 0 Å². The summed E-state index contributed by atoms with van der Waals surface area (Å²) in [6.45, 7) is 2.09. The molecule has 0 aromatic carbocycles. The Balaban J connectivity index is 0.000000408. The third kappa shape index (κ3) is 11.7. The highest BCUT2D eigenvalue weighted by Gasteiger charge is 2.31. The Morgan fingerprint density at radius 2 is 1.74 bits per heavy atom. The van der Waals surface area contributed by atoms with E-state index in [9.17, 15) is 14.4 Å². The lowest BCUT2D eigenvalue weighted by molar-refractivity contribution is -0.145. The Kier molecular flexibility index (Phi) is 10.9. The highest BCUT2D eigenvalue weighted by Crippen LogP contribution is 2.32. The molecule has 3 aliphatic rings. The number of amides is 1. The number of rotatable bonds is 5. The highest BCUT2D eigenvalue weighted by molar-refractivity contribution is 6.14. The molecule has 0 unspecified atom stereocenters. The van der Waals surface area contributed by atoms with Crippen molar-refractivity contribution < 1.29 is 36.9 Å². The summed E-state index contributed by atoms with van der Waals surface area (Å²) >= 11 is 0. The third-order valence-corrected chi connectivity index (χ3v) is 3.53. The van der Waals surface area contributed by atoms with Crippen LogP contribution in [0.2, 0.25) is 0 Å². The summed E-state index contributed by atoms with van der Waals surface area (Å²) in [5, 5.41) is 4.58. The van der Waals surface area contributed by atoms with Gasteiger partial charge >= 0.3 is 11.9 Å². The molecule has 11 heteroatoms. The molecular weight excluding hydrogens is 376 g/mol. The fourth-order valence-corrected chi connectivity index (χ4v) is 2.09. The Morgan fingerprint density at radius 1 is 1.19 bits per heavy atom. The summed E-state index contributed by atoms with van der Waals surface area (Å²) < 4.78 is 4.63. The molecule has 0 aromatic heterocycles. The van der Waals surface area contributed by atoms with Crippen molar-refractivity contribution >= 4 is 35.3 Å². The number of carbonyl (C=O) groups is 3. The maximum atomic E-state index is 11.0. The number of hydrogen-bond donors (Lipinski definition) is 4. The van der Waals surface area contributed by atoms with Gasteiger partial charge in [0.25, 0.3) is 5.91 Å². The molecule has 152 valence electrons. The Morgan fingerprint density at radius 3 is 2.15 bits per heavy atom. The van der Waals surface area contributed by atoms with Crippen LogP contribution in [0.25, 0.3) is 0 Å². The second kappa shape index (κ2) is 12.0. The number of ketones is 1. The van der Waals surface area contributed by atoms with Gasteiger partial charge in [0.1, 0.15) is 12.2 Å². The van der Waals surface area contributed by atoms with Gasteiger partial charge in [0.2, 0.25) is 5.96 Å². The molecule has 0 atom stereocenters. The van der Waals surface area contributed by atoms with Crippen LogP contribution in [0.1, 0.15) is 45.4 Å². The number of nitrogens with two attached hydrogens (primary N) is 4. The van der Waals surface area contributed by atoms with E-state index in [1.54, 1.807) is 6.92 Å². The zero-order valence-electron chi connectivity index (χ0n) is 15.3. The first-order chi connectivity index (χ1) is 12.2. The van der Waals surface area contributed by atoms with Gasteiger partial charge in [-0.3, -0.25) is 31.3 Å². The summed E-state index contributed by atoms with van der Waals surface area (Å²) in [6.07, 6.45) is 4.57. The van der Waals surface area contributed by atoms with E-state index in [4.69, 9.17) is 5.73 Å². The van der Waals surface area contributed by atoms with E-state index in [-0.39, 0.29) is 54.3 Å². The average Bonchev–Trinajstić information content (AvgIpc) is 3.38. The Labute approximate surface area is 163 Å². The van der Waals surface area contributed by atoms with Crippen LogP contribution >= 0.6 is 0 Å². The van der Waals surface area contributed by atoms with Crippen molar-refractivity contribution in [1.82, 2.24) is 0 Å². The first kappa shape index (κ1) is 24.5. The summed E-state index contributed by atoms with van der Waals surface area (Å²) in [5.74, 6) is 0.239. The van der Waals surface area contributed by atoms with Crippen molar-refractivity contribution in [3.8, 4) is 0 Å². The van der Waals surface area contributed by atoms with E-state index in [1.807, 2.05) is 0 Å². The SMILES string of the molecule is CCOC(=O)CC(=O)C1CC1.NC(N)=[NH2+].NC1=NC(=O)CC(C2CC2)=N1.[Cl-]. The molecule has 0 saturated heterocycles. The maximum Gasteiger partial charge on any atom is 0.336 e. The van der Waals surface area contributed by atoms with Crippen LogP contribution in [0, 0.1) is 11.8 Å². The summed E-state index contributed by atoms with van der Waals surface area (Å²) in [7, 11) is 0. The zero-order chi connectivity index (χ0) is 19.7. The molecule has 2 fully saturated rings. The molecule has 2 saturated carbocycles. The van der Waals surface area contributed by atoms with E-state index in [0.29, 0.717) is 18.9 Å². The molecule has 10 nitrogen and oxygen atoms in total. The Bertz CT molecular complexity index is 622. The number of nitrogens with zero attached hydrogens (tertiary/aromatic N) is 2. The molecular formula is C16H27ClN6O4. The number of ether oxygens (including phenoxy) is 1. The van der Waals surface area contributed by atoms with E-state index in [2.05, 4.69) is 31.6 Å². The molecule has 3 rings (SSSR count). The first-order valence-corrected chi connectivity index (χ1v) is 8.49. The number of Topliss-reactive ketones (excluding diaryl/α,β-unsaturated/α-hetero) is 1. The summed E-state index contributed by atoms with van der Waals surface area (Å²) in [5.41, 5.74) is 15.4. The van der Waals surface area contributed by atoms with Gasteiger partial charge in [0.05, 0.1) is 13.0 Å². The van der Waals surface area contributed by atoms with Crippen LogP contribution in [-0.2, 0) is 19.1 Å². The largest absolute Gasteiger partial charge is 1.00 e. The molecule has 8 N–H and O–H groups in total. The van der Waals surface area contributed by atoms with Crippen molar-refractivity contribution in [3.63, 3.8) is 0 Å². The minimum absolute atomic E-state index is 0. The zero-order valence-corrected chi connectivity index (χ0v) is 16.1. The summed E-state index contributed by atoms with van der Waals surface area (Å²) in [6, 6.07) is 0. The second-order valence-electron chi connectivity index (χ2n) is 6.14. The second-order valence-corrected chi connectivity index (χ2v) is 6.14. The minimum Gasteiger partial charge on any atom is -1.00 e. The van der Waals surface area contributed by atoms with Crippen molar-refractivity contribution in [2.24, 2.45) is 39.0 Å². The normalized spacial score (nSPS) is 17.4. The topological polar surface area (TPSA) is 189 Å². The van der Waals surface area contributed by atoms with E-state index < -0.39 is 0 Å². The van der Waals surface area contributed by atoms with Gasteiger partial charge in [-0.2, -0.15) is 4.99 Å². The molecule has 1 heterocycles. The van der Waals surface area contributed by atoms with Crippen molar-refractivity contribution in [3.05, 3.63) is 0 Å². The number of halogens is 1. The lowest BCUT2D eigenvalue weighted by atomic mass is 10.1. The average molecular weight is 403 g/mol. The van der Waals surface area contributed by atoms with E-state index >= 15 is 0 Å². The molecule has 27 heavy (non-hydrogen) atoms. The lowest BCUT2D eigenvalue weighted by Crippen LogP contribution is -3.00. The number of guanidine groups is 2. The smallest absolute Gasteiger partial charge is 0.336 e. The molecule has 1 aliphatic heterocycles. The first-order valence-electron chi connectivity index (χ1n) is 8.49. The molecule has 2 aliphatic carbocycles. The fraction of sp³-hybridized carbons (Fsp3) is 0.625. The maximum absolute atomic E-state index is 11.0. The van der Waals surface area contributed by atoms with Crippen molar-refractivity contribution in [2.75, 3.05) is 6.61 Å². The molecule has 0 spiro atoms. The predicted molar refractivity (Wildman–Crippen MR) is 95.7 cm³/mol. The highest BCUT2D eigenvalue weighted by atomic mass is 35.5. The lowest BCUT2D eigenvalue weighted by Gasteiger charge is -2.06. The van der Waals surface area contributed by atoms with Crippen LogP contribution in [0.15, 0.2) is 9.98 Å². The van der Waals surface area contributed by atoms with Gasteiger partial charge in [-0.15, -0.1) is 0 Å². The van der Waals surface area contributed by atoms with Gasteiger partial charge < -0.3 is 22.9 Å². The number of aliphatic imine (C=N–C) groups is 2. The van der Waals surface area contributed by atoms with Crippen LogP contribution in [0.4, 0.5) is 0 Å². The van der Waals surface area contributed by atoms with Crippen molar-refractivity contribution in [2.45, 2.75) is 45.4 Å². The van der Waals surface area contributed by atoms with Crippen LogP contribution in [0.3, 0.4) is 0 Å². The predicted octanol–water partition coefficient (Wildman–Crippen LogP) is -4.98. The standard InChI is InChI=1S/C8H12O3.C7H9N3O.CH5N3.ClH/c1-2-11-8(10)5-7(9)6-3-4-6;8-7-9-5(4-1-2-4)3-6(11)10-7;2-1(3)4;/h6H,2-5H2,1H3;4H,1-3H2,(H2,8,10,11);(H5,2,3,4);1H. The van der Waals surface area contributed by atoms with Gasteiger partial charge in [0, 0.05) is 11.6 Å². The van der Waals surface area contributed by atoms with E-state index in [0.717, 1.165) is 31.4 Å². The van der Waals surface area contributed by atoms with Crippen LogP contribution in [0.5, 0.6) is 0 Å². The minimum atomic E-state index is -0.385. The number of hydrogen-bond acceptors (Lipinski definition) is 6. The fourth-order valence-electron chi connectivity index (χ4n) is 2.09. The molecule has 0 bridgehead atoms. The Hall–Kier alpha value is -2.49. The molecule has 0 aromatic rings. The quantitative estimate of drug-likeness (QED) is 0.153. The third-order valence-electron chi connectivity index (χ3n) is 3.53. The van der Waals surface area contributed by atoms with Crippen molar-refractivity contribution in [1.29, 1.82) is 0 Å². The van der Waals surface area contributed by atoms with Crippen LogP contribution < -0.4 is 35.0 Å². The van der Waals surface area contributed by atoms with Gasteiger partial charge in [-0.1, -0.05) is 0 Å². The summed E-state index contributed by atoms with van der Waals surface area (Å²) in [4.78, 5) is 40.1. The molecule has 1 amide bonds. The van der Waals surface area contributed by atoms with Gasteiger partial charge in [-0.25, -0.2) is 4.99 Å². The monoisotopic (exact) mass is 402 g/mol.